The van der Waals surface area contributed by atoms with E-state index >= 15 is 0 Å². The van der Waals surface area contributed by atoms with Crippen LogP contribution in [-0.4, -0.2) is 30.5 Å². The number of carbonyl (C=O) groups excluding carboxylic acids is 1. The van der Waals surface area contributed by atoms with Crippen LogP contribution in [-0.2, 0) is 4.79 Å². The van der Waals surface area contributed by atoms with Gasteiger partial charge in [-0.3, -0.25) is 4.79 Å². The molecule has 1 saturated carbocycles. The van der Waals surface area contributed by atoms with Gasteiger partial charge in [0.1, 0.15) is 5.75 Å². The average Bonchev–Trinajstić information content (AvgIpc) is 3.15. The summed E-state index contributed by atoms with van der Waals surface area (Å²) < 4.78 is 5.20. The first kappa shape index (κ1) is 14.4. The summed E-state index contributed by atoms with van der Waals surface area (Å²) >= 11 is 0. The Morgan fingerprint density at radius 2 is 2.00 bits per heavy atom. The van der Waals surface area contributed by atoms with E-state index in [4.69, 9.17) is 10.5 Å². The van der Waals surface area contributed by atoms with E-state index in [-0.39, 0.29) is 18.0 Å². The van der Waals surface area contributed by atoms with E-state index < -0.39 is 0 Å². The van der Waals surface area contributed by atoms with Gasteiger partial charge >= 0.3 is 0 Å². The van der Waals surface area contributed by atoms with Crippen LogP contribution in [0.1, 0.15) is 43.7 Å². The van der Waals surface area contributed by atoms with Crippen molar-refractivity contribution in [2.45, 2.75) is 44.2 Å². The van der Waals surface area contributed by atoms with Gasteiger partial charge in [0, 0.05) is 18.5 Å². The molecular formula is C17H24N2O2. The van der Waals surface area contributed by atoms with Crippen molar-refractivity contribution in [2.24, 2.45) is 11.7 Å². The fourth-order valence-corrected chi connectivity index (χ4v) is 3.68. The summed E-state index contributed by atoms with van der Waals surface area (Å²) in [5.74, 6) is 1.30. The molecule has 1 saturated heterocycles. The van der Waals surface area contributed by atoms with Crippen molar-refractivity contribution in [1.29, 1.82) is 0 Å². The first-order chi connectivity index (χ1) is 10.2. The van der Waals surface area contributed by atoms with Crippen LogP contribution in [0.4, 0.5) is 0 Å². The molecule has 0 bridgehead atoms. The van der Waals surface area contributed by atoms with Crippen molar-refractivity contribution in [3.63, 3.8) is 0 Å². The largest absolute Gasteiger partial charge is 0.497 e. The molecule has 4 nitrogen and oxygen atoms in total. The third-order valence-corrected chi connectivity index (χ3v) is 4.86. The number of benzene rings is 1. The van der Waals surface area contributed by atoms with E-state index in [2.05, 4.69) is 17.0 Å². The van der Waals surface area contributed by atoms with Gasteiger partial charge in [-0.25, -0.2) is 0 Å². The summed E-state index contributed by atoms with van der Waals surface area (Å²) in [6.07, 6.45) is 4.92. The maximum Gasteiger partial charge on any atom is 0.226 e. The monoisotopic (exact) mass is 288 g/mol. The molecule has 0 radical (unpaired) electrons. The molecule has 3 unspecified atom stereocenters. The summed E-state index contributed by atoms with van der Waals surface area (Å²) in [5.41, 5.74) is 7.17. The third kappa shape index (κ3) is 2.91. The second-order valence-corrected chi connectivity index (χ2v) is 6.23. The molecule has 21 heavy (non-hydrogen) atoms. The summed E-state index contributed by atoms with van der Waals surface area (Å²) in [6, 6.07) is 8.54. The van der Waals surface area contributed by atoms with Gasteiger partial charge < -0.3 is 15.4 Å². The topological polar surface area (TPSA) is 55.6 Å². The molecule has 2 fully saturated rings. The highest BCUT2D eigenvalue weighted by molar-refractivity contribution is 5.80. The molecule has 3 rings (SSSR count). The molecule has 1 amide bonds. The zero-order chi connectivity index (χ0) is 14.8. The Morgan fingerprint density at radius 1 is 1.24 bits per heavy atom. The molecule has 2 aliphatic rings. The number of nitrogens with zero attached hydrogens (tertiary/aromatic N) is 1. The van der Waals surface area contributed by atoms with Gasteiger partial charge in [-0.1, -0.05) is 12.1 Å². The van der Waals surface area contributed by atoms with Crippen LogP contribution in [0.15, 0.2) is 24.3 Å². The number of hydrogen-bond acceptors (Lipinski definition) is 3. The van der Waals surface area contributed by atoms with Crippen molar-refractivity contribution in [2.75, 3.05) is 13.7 Å². The van der Waals surface area contributed by atoms with Crippen molar-refractivity contribution in [3.8, 4) is 5.75 Å². The standard InChI is InChI=1S/C17H24N2O2/c1-21-15-8-5-12(6-9-15)16-3-2-10-19(16)17(20)13-4-7-14(18)11-13/h5-6,8-9,13-14,16H,2-4,7,10-11,18H2,1H3. The number of carbonyl (C=O) groups is 1. The zero-order valence-electron chi connectivity index (χ0n) is 12.6. The van der Waals surface area contributed by atoms with Gasteiger partial charge in [0.2, 0.25) is 5.91 Å². The van der Waals surface area contributed by atoms with E-state index in [0.29, 0.717) is 5.91 Å². The Hall–Kier alpha value is -1.55. The average molecular weight is 288 g/mol. The van der Waals surface area contributed by atoms with Crippen molar-refractivity contribution in [3.05, 3.63) is 29.8 Å². The van der Waals surface area contributed by atoms with Crippen LogP contribution in [0.5, 0.6) is 5.75 Å². The van der Waals surface area contributed by atoms with Crippen LogP contribution in [0.25, 0.3) is 0 Å². The molecule has 114 valence electrons. The molecule has 3 atom stereocenters. The summed E-state index contributed by atoms with van der Waals surface area (Å²) in [5, 5.41) is 0. The van der Waals surface area contributed by atoms with Crippen molar-refractivity contribution >= 4 is 5.91 Å². The van der Waals surface area contributed by atoms with E-state index in [9.17, 15) is 4.79 Å². The highest BCUT2D eigenvalue weighted by Gasteiger charge is 2.36. The summed E-state index contributed by atoms with van der Waals surface area (Å²) in [4.78, 5) is 14.8. The van der Waals surface area contributed by atoms with Crippen LogP contribution in [0, 0.1) is 5.92 Å². The number of likely N-dealkylation sites (tertiary alicyclic amines) is 1. The second-order valence-electron chi connectivity index (χ2n) is 6.23. The number of ether oxygens (including phenoxy) is 1. The van der Waals surface area contributed by atoms with Crippen molar-refractivity contribution < 1.29 is 9.53 Å². The third-order valence-electron chi connectivity index (χ3n) is 4.86. The molecule has 1 heterocycles. The highest BCUT2D eigenvalue weighted by Crippen LogP contribution is 2.36. The lowest BCUT2D eigenvalue weighted by Gasteiger charge is -2.28. The lowest BCUT2D eigenvalue weighted by Crippen LogP contribution is -2.35. The second kappa shape index (κ2) is 6.06. The lowest BCUT2D eigenvalue weighted by atomic mass is 10.0. The molecule has 2 N–H and O–H groups in total. The predicted molar refractivity (Wildman–Crippen MR) is 82.0 cm³/mol. The number of nitrogens with two attached hydrogens (primary N) is 1. The molecular weight excluding hydrogens is 264 g/mol. The van der Waals surface area contributed by atoms with Gasteiger partial charge in [0.25, 0.3) is 0 Å². The maximum absolute atomic E-state index is 12.7. The smallest absolute Gasteiger partial charge is 0.226 e. The fraction of sp³-hybridized carbons (Fsp3) is 0.588. The minimum Gasteiger partial charge on any atom is -0.497 e. The Morgan fingerprint density at radius 3 is 2.62 bits per heavy atom. The lowest BCUT2D eigenvalue weighted by molar-refractivity contribution is -0.136. The maximum atomic E-state index is 12.7. The van der Waals surface area contributed by atoms with Gasteiger partial charge in [-0.05, 0) is 49.8 Å². The molecule has 0 aromatic heterocycles. The number of methoxy groups -OCH3 is 1. The van der Waals surface area contributed by atoms with Crippen LogP contribution < -0.4 is 10.5 Å². The van der Waals surface area contributed by atoms with Crippen LogP contribution in [0.2, 0.25) is 0 Å². The normalized spacial score (nSPS) is 28.9. The van der Waals surface area contributed by atoms with Gasteiger partial charge in [-0.2, -0.15) is 0 Å². The Balaban J connectivity index is 1.73. The Labute approximate surface area is 126 Å². The minimum absolute atomic E-state index is 0.138. The molecule has 1 aromatic carbocycles. The van der Waals surface area contributed by atoms with Gasteiger partial charge in [-0.15, -0.1) is 0 Å². The molecule has 1 aliphatic carbocycles. The zero-order valence-corrected chi connectivity index (χ0v) is 12.6. The Kier molecular flexibility index (Phi) is 4.15. The van der Waals surface area contributed by atoms with E-state index in [1.165, 1.54) is 5.56 Å². The Bertz CT molecular complexity index is 500. The first-order valence-corrected chi connectivity index (χ1v) is 7.89. The SMILES string of the molecule is COc1ccc(C2CCCN2C(=O)C2CCC(N)C2)cc1. The number of rotatable bonds is 3. The van der Waals surface area contributed by atoms with E-state index in [1.807, 2.05) is 12.1 Å². The van der Waals surface area contributed by atoms with Gasteiger partial charge in [0.05, 0.1) is 13.2 Å². The van der Waals surface area contributed by atoms with Crippen LogP contribution >= 0.6 is 0 Å². The minimum atomic E-state index is 0.138. The van der Waals surface area contributed by atoms with Gasteiger partial charge in [0.15, 0.2) is 0 Å². The predicted octanol–water partition coefficient (Wildman–Crippen LogP) is 2.49. The summed E-state index contributed by atoms with van der Waals surface area (Å²) in [7, 11) is 1.67. The van der Waals surface area contributed by atoms with Crippen LogP contribution in [0.3, 0.4) is 0 Å². The molecule has 1 aliphatic heterocycles. The molecule has 1 aromatic rings. The molecule has 0 spiro atoms. The number of amides is 1. The summed E-state index contributed by atoms with van der Waals surface area (Å²) in [6.45, 7) is 0.876. The molecule has 4 heteroatoms. The van der Waals surface area contributed by atoms with E-state index in [1.54, 1.807) is 7.11 Å². The quantitative estimate of drug-likeness (QED) is 0.929. The first-order valence-electron chi connectivity index (χ1n) is 7.89. The van der Waals surface area contributed by atoms with E-state index in [0.717, 1.165) is 44.4 Å². The number of hydrogen-bond donors (Lipinski definition) is 1. The highest BCUT2D eigenvalue weighted by atomic mass is 16.5. The fourth-order valence-electron chi connectivity index (χ4n) is 3.68. The van der Waals surface area contributed by atoms with Crippen molar-refractivity contribution in [1.82, 2.24) is 4.90 Å².